The van der Waals surface area contributed by atoms with Crippen LogP contribution in [0.5, 0.6) is 5.75 Å². The molecule has 0 heterocycles. The summed E-state index contributed by atoms with van der Waals surface area (Å²) >= 11 is 0. The molecule has 106 valence electrons. The van der Waals surface area contributed by atoms with Gasteiger partial charge in [-0.15, -0.1) is 0 Å². The first-order valence-electron chi connectivity index (χ1n) is 5.41. The minimum Gasteiger partial charge on any atom is -0.508 e. The minimum atomic E-state index is -4.04. The predicted octanol–water partition coefficient (Wildman–Crippen LogP) is 0.986. The Hall–Kier alpha value is -1.80. The summed E-state index contributed by atoms with van der Waals surface area (Å²) in [6.45, 7) is 1.59. The summed E-state index contributed by atoms with van der Waals surface area (Å²) in [7, 11) is -1.68. The van der Waals surface area contributed by atoms with E-state index in [0.29, 0.717) is 5.56 Å². The van der Waals surface area contributed by atoms with Crippen LogP contribution in [0.4, 0.5) is 4.79 Å². The van der Waals surface area contributed by atoms with Gasteiger partial charge in [0, 0.05) is 12.6 Å². The van der Waals surface area contributed by atoms with E-state index in [1.807, 2.05) is 0 Å². The molecule has 1 rings (SSSR count). The van der Waals surface area contributed by atoms with E-state index in [-0.39, 0.29) is 5.75 Å². The average molecular weight is 288 g/mol. The van der Waals surface area contributed by atoms with Gasteiger partial charge in [-0.1, -0.05) is 18.2 Å². The molecule has 1 atom stereocenters. The van der Waals surface area contributed by atoms with Gasteiger partial charge in [-0.05, 0) is 13.0 Å². The van der Waals surface area contributed by atoms with Crippen LogP contribution in [0.1, 0.15) is 18.5 Å². The highest BCUT2D eigenvalue weighted by atomic mass is 32.2. The van der Waals surface area contributed by atoms with Gasteiger partial charge >= 0.3 is 16.3 Å². The fraction of sp³-hybridized carbons (Fsp3) is 0.364. The maximum Gasteiger partial charge on any atom is 0.421 e. The fourth-order valence-electron chi connectivity index (χ4n) is 1.46. The van der Waals surface area contributed by atoms with Crippen molar-refractivity contribution >= 4 is 16.3 Å². The number of ether oxygens (including phenoxy) is 1. The van der Waals surface area contributed by atoms with Crippen LogP contribution in [0.3, 0.4) is 0 Å². The third-order valence-electron chi connectivity index (χ3n) is 2.71. The molecule has 0 radical (unpaired) electrons. The van der Waals surface area contributed by atoms with Crippen LogP contribution in [0, 0.1) is 0 Å². The van der Waals surface area contributed by atoms with Gasteiger partial charge in [0.15, 0.2) is 0 Å². The Morgan fingerprint density at radius 2 is 2.00 bits per heavy atom. The molecule has 1 aromatic carbocycles. The number of nitrogens with zero attached hydrogens (tertiary/aromatic N) is 1. The summed E-state index contributed by atoms with van der Waals surface area (Å²) in [6, 6.07) is 5.72. The van der Waals surface area contributed by atoms with Crippen molar-refractivity contribution in [1.82, 2.24) is 9.03 Å². The number of phenolic OH excluding ortho intramolecular Hbond substituents is 1. The Bertz CT molecular complexity index is 558. The first-order valence-corrected chi connectivity index (χ1v) is 6.85. The van der Waals surface area contributed by atoms with E-state index in [2.05, 4.69) is 4.74 Å². The van der Waals surface area contributed by atoms with Crippen LogP contribution < -0.4 is 4.72 Å². The number of carbonyl (C=O) groups is 1. The molecule has 0 fully saturated rings. The minimum absolute atomic E-state index is 0.0184. The summed E-state index contributed by atoms with van der Waals surface area (Å²) in [5.41, 5.74) is 0.431. The van der Waals surface area contributed by atoms with Crippen LogP contribution in [0.2, 0.25) is 0 Å². The van der Waals surface area contributed by atoms with Crippen LogP contribution >= 0.6 is 0 Å². The molecule has 1 unspecified atom stereocenters. The van der Waals surface area contributed by atoms with Crippen molar-refractivity contribution in [3.05, 3.63) is 29.8 Å². The maximum atomic E-state index is 11.9. The highest BCUT2D eigenvalue weighted by Crippen LogP contribution is 2.28. The Kier molecular flexibility index (Phi) is 4.73. The standard InChI is InChI=1S/C11H16N2O5S/c1-8(9-6-4-5-7-10(9)14)13(2)19(16,17)12-11(15)18-3/h4-8,14H,1-3H3,(H,12,15). The maximum absolute atomic E-state index is 11.9. The van der Waals surface area contributed by atoms with Crippen molar-refractivity contribution in [1.29, 1.82) is 0 Å². The summed E-state index contributed by atoms with van der Waals surface area (Å²) in [6.07, 6.45) is -1.07. The molecule has 0 aliphatic heterocycles. The van der Waals surface area contributed by atoms with Crippen molar-refractivity contribution in [2.45, 2.75) is 13.0 Å². The van der Waals surface area contributed by atoms with Crippen LogP contribution in [0.15, 0.2) is 24.3 Å². The van der Waals surface area contributed by atoms with E-state index in [1.165, 1.54) is 13.1 Å². The van der Waals surface area contributed by atoms with Crippen molar-refractivity contribution in [2.24, 2.45) is 0 Å². The van der Waals surface area contributed by atoms with Crippen LogP contribution in [0.25, 0.3) is 0 Å². The summed E-state index contributed by atoms with van der Waals surface area (Å²) in [5.74, 6) is -0.0184. The normalized spacial score (nSPS) is 13.1. The fourth-order valence-corrected chi connectivity index (χ4v) is 2.43. The van der Waals surface area contributed by atoms with E-state index in [1.54, 1.807) is 29.8 Å². The monoisotopic (exact) mass is 288 g/mol. The molecule has 0 spiro atoms. The molecule has 2 N–H and O–H groups in total. The van der Waals surface area contributed by atoms with E-state index < -0.39 is 22.3 Å². The molecule has 0 aliphatic carbocycles. The zero-order valence-corrected chi connectivity index (χ0v) is 11.6. The molecule has 0 aromatic heterocycles. The van der Waals surface area contributed by atoms with Crippen LogP contribution in [-0.2, 0) is 14.9 Å². The van der Waals surface area contributed by atoms with Gasteiger partial charge in [0.05, 0.1) is 13.2 Å². The number of para-hydroxylation sites is 1. The van der Waals surface area contributed by atoms with Gasteiger partial charge < -0.3 is 9.84 Å². The molecule has 0 saturated carbocycles. The second kappa shape index (κ2) is 5.89. The van der Waals surface area contributed by atoms with Gasteiger partial charge in [-0.3, -0.25) is 0 Å². The topological polar surface area (TPSA) is 95.9 Å². The Labute approximate surface area is 112 Å². The van der Waals surface area contributed by atoms with Crippen molar-refractivity contribution in [3.63, 3.8) is 0 Å². The predicted molar refractivity (Wildman–Crippen MR) is 68.7 cm³/mol. The quantitative estimate of drug-likeness (QED) is 0.861. The molecule has 1 amide bonds. The molecule has 0 bridgehead atoms. The number of amides is 1. The lowest BCUT2D eigenvalue weighted by molar-refractivity contribution is 0.177. The molecule has 7 nitrogen and oxygen atoms in total. The van der Waals surface area contributed by atoms with Crippen molar-refractivity contribution < 1.29 is 23.1 Å². The molecule has 19 heavy (non-hydrogen) atoms. The highest BCUT2D eigenvalue weighted by Gasteiger charge is 2.27. The van der Waals surface area contributed by atoms with E-state index in [4.69, 9.17) is 0 Å². The lowest BCUT2D eigenvalue weighted by Crippen LogP contribution is -2.42. The SMILES string of the molecule is COC(=O)NS(=O)(=O)N(C)C(C)c1ccccc1O. The lowest BCUT2D eigenvalue weighted by atomic mass is 10.1. The summed E-state index contributed by atoms with van der Waals surface area (Å²) < 4.78 is 30.6. The lowest BCUT2D eigenvalue weighted by Gasteiger charge is -2.24. The number of phenols is 1. The number of rotatable bonds is 4. The third kappa shape index (κ3) is 3.58. The third-order valence-corrected chi connectivity index (χ3v) is 4.21. The van der Waals surface area contributed by atoms with Gasteiger partial charge in [0.25, 0.3) is 0 Å². The zero-order chi connectivity index (χ0) is 14.6. The van der Waals surface area contributed by atoms with Gasteiger partial charge in [0.2, 0.25) is 0 Å². The highest BCUT2D eigenvalue weighted by molar-refractivity contribution is 7.87. The van der Waals surface area contributed by atoms with E-state index in [9.17, 15) is 18.3 Å². The summed E-state index contributed by atoms with van der Waals surface area (Å²) in [5, 5.41) is 9.69. The van der Waals surface area contributed by atoms with Gasteiger partial charge in [-0.2, -0.15) is 12.7 Å². The second-order valence-electron chi connectivity index (χ2n) is 3.85. The molecule has 0 saturated heterocycles. The zero-order valence-electron chi connectivity index (χ0n) is 10.8. The number of nitrogens with one attached hydrogen (secondary N) is 1. The number of hydrogen-bond donors (Lipinski definition) is 2. The van der Waals surface area contributed by atoms with Gasteiger partial charge in [-0.25, -0.2) is 9.52 Å². The van der Waals surface area contributed by atoms with Gasteiger partial charge in [0.1, 0.15) is 5.75 Å². The number of aromatic hydroxyl groups is 1. The largest absolute Gasteiger partial charge is 0.508 e. The first-order chi connectivity index (χ1) is 8.79. The molecule has 1 aromatic rings. The van der Waals surface area contributed by atoms with Crippen LogP contribution in [-0.4, -0.2) is 38.1 Å². The Morgan fingerprint density at radius 3 is 2.53 bits per heavy atom. The van der Waals surface area contributed by atoms with E-state index in [0.717, 1.165) is 11.4 Å². The van der Waals surface area contributed by atoms with E-state index >= 15 is 0 Å². The number of carbonyl (C=O) groups excluding carboxylic acids is 1. The first kappa shape index (κ1) is 15.3. The summed E-state index contributed by atoms with van der Waals surface area (Å²) in [4.78, 5) is 11.0. The van der Waals surface area contributed by atoms with Crippen molar-refractivity contribution in [2.75, 3.05) is 14.2 Å². The van der Waals surface area contributed by atoms with Crippen molar-refractivity contribution in [3.8, 4) is 5.75 Å². The smallest absolute Gasteiger partial charge is 0.421 e. The number of methoxy groups -OCH3 is 1. The number of benzene rings is 1. The molecular formula is C11H16N2O5S. The molecule has 0 aliphatic rings. The number of hydrogen-bond acceptors (Lipinski definition) is 5. The molecule has 8 heteroatoms. The molecular weight excluding hydrogens is 272 g/mol. The Balaban J connectivity index is 2.97. The Morgan fingerprint density at radius 1 is 1.42 bits per heavy atom. The second-order valence-corrected chi connectivity index (χ2v) is 5.58. The average Bonchev–Trinajstić information content (AvgIpc) is 2.37.